The van der Waals surface area contributed by atoms with E-state index in [0.717, 1.165) is 41.1 Å². The number of aromatic nitrogens is 1. The monoisotopic (exact) mass is 385 g/mol. The van der Waals surface area contributed by atoms with Gasteiger partial charge in [0.2, 0.25) is 0 Å². The predicted octanol–water partition coefficient (Wildman–Crippen LogP) is 5.58. The summed E-state index contributed by atoms with van der Waals surface area (Å²) in [5.74, 6) is 0.969. The zero-order valence-electron chi connectivity index (χ0n) is 17.1. The maximum atomic E-state index is 12.6. The molecule has 2 aromatic carbocycles. The number of amides is 1. The number of nitrogens with zero attached hydrogens (tertiary/aromatic N) is 2. The van der Waals surface area contributed by atoms with Gasteiger partial charge in [0.15, 0.2) is 0 Å². The molecule has 1 aliphatic rings. The molecule has 3 aromatic rings. The number of fused-ring (bicyclic) bond motifs is 1. The van der Waals surface area contributed by atoms with Gasteiger partial charge in [-0.15, -0.1) is 0 Å². The molecule has 0 aliphatic carbocycles. The molecule has 1 saturated heterocycles. The van der Waals surface area contributed by atoms with E-state index in [4.69, 9.17) is 4.98 Å². The third-order valence-electron chi connectivity index (χ3n) is 5.48. The Morgan fingerprint density at radius 2 is 1.79 bits per heavy atom. The molecule has 1 N–H and O–H groups in total. The van der Waals surface area contributed by atoms with Crippen LogP contribution in [0.4, 0.5) is 11.5 Å². The first-order valence-electron chi connectivity index (χ1n) is 10.3. The summed E-state index contributed by atoms with van der Waals surface area (Å²) in [4.78, 5) is 19.8. The van der Waals surface area contributed by atoms with E-state index >= 15 is 0 Å². The van der Waals surface area contributed by atoms with Crippen molar-refractivity contribution in [3.05, 3.63) is 71.3 Å². The molecule has 1 aromatic heterocycles. The molecule has 2 heterocycles. The van der Waals surface area contributed by atoms with E-state index in [1.165, 1.54) is 24.8 Å². The molecule has 1 aliphatic heterocycles. The zero-order chi connectivity index (χ0) is 20.2. The maximum Gasteiger partial charge on any atom is 0.251 e. The van der Waals surface area contributed by atoms with Gasteiger partial charge in [-0.1, -0.05) is 30.3 Å². The second-order valence-electron chi connectivity index (χ2n) is 7.77. The molecule has 4 nitrogen and oxygen atoms in total. The van der Waals surface area contributed by atoms with Crippen molar-refractivity contribution in [3.63, 3.8) is 0 Å². The van der Waals surface area contributed by atoms with Gasteiger partial charge < -0.3 is 10.2 Å². The number of aryl methyl sites for hydroxylation is 1. The van der Waals surface area contributed by atoms with Crippen molar-refractivity contribution >= 4 is 34.4 Å². The third kappa shape index (κ3) is 4.48. The van der Waals surface area contributed by atoms with Gasteiger partial charge in [-0.2, -0.15) is 0 Å². The Bertz CT molecular complexity index is 1050. The third-order valence-corrected chi connectivity index (χ3v) is 5.48. The second-order valence-corrected chi connectivity index (χ2v) is 7.77. The molecule has 1 fully saturated rings. The van der Waals surface area contributed by atoms with Gasteiger partial charge in [-0.25, -0.2) is 4.98 Å². The molecule has 0 spiro atoms. The summed E-state index contributed by atoms with van der Waals surface area (Å²) < 4.78 is 0. The van der Waals surface area contributed by atoms with Crippen LogP contribution in [-0.2, 0) is 4.79 Å². The molecule has 4 rings (SSSR count). The highest BCUT2D eigenvalue weighted by molar-refractivity contribution is 6.07. The van der Waals surface area contributed by atoms with Crippen LogP contribution in [-0.4, -0.2) is 24.0 Å². The quantitative estimate of drug-likeness (QED) is 0.597. The van der Waals surface area contributed by atoms with E-state index in [0.29, 0.717) is 5.57 Å². The Labute approximate surface area is 172 Å². The van der Waals surface area contributed by atoms with E-state index in [2.05, 4.69) is 23.2 Å². The number of hydrogen-bond acceptors (Lipinski definition) is 3. The minimum absolute atomic E-state index is 0.0937. The number of benzene rings is 2. The molecule has 0 saturated carbocycles. The number of carbonyl (C=O) groups excluding carboxylic acids is 1. The Kier molecular flexibility index (Phi) is 5.61. The summed E-state index contributed by atoms with van der Waals surface area (Å²) in [6.07, 6.45) is 5.68. The van der Waals surface area contributed by atoms with Crippen molar-refractivity contribution in [1.29, 1.82) is 0 Å². The summed E-state index contributed by atoms with van der Waals surface area (Å²) >= 11 is 0. The first-order valence-corrected chi connectivity index (χ1v) is 10.3. The minimum atomic E-state index is -0.0937. The molecule has 0 radical (unpaired) electrons. The largest absolute Gasteiger partial charge is 0.357 e. The Morgan fingerprint density at radius 1 is 1.03 bits per heavy atom. The van der Waals surface area contributed by atoms with Crippen molar-refractivity contribution in [2.75, 3.05) is 23.3 Å². The molecule has 29 heavy (non-hydrogen) atoms. The van der Waals surface area contributed by atoms with Gasteiger partial charge >= 0.3 is 0 Å². The van der Waals surface area contributed by atoms with Crippen LogP contribution in [0.15, 0.2) is 60.2 Å². The summed E-state index contributed by atoms with van der Waals surface area (Å²) in [7, 11) is 0. The number of pyridine rings is 1. The molecule has 0 unspecified atom stereocenters. The van der Waals surface area contributed by atoms with Gasteiger partial charge in [-0.3, -0.25) is 4.79 Å². The van der Waals surface area contributed by atoms with Crippen LogP contribution in [0.5, 0.6) is 0 Å². The van der Waals surface area contributed by atoms with Crippen LogP contribution in [0.2, 0.25) is 0 Å². The molecule has 0 atom stereocenters. The van der Waals surface area contributed by atoms with Crippen LogP contribution in [0.1, 0.15) is 37.3 Å². The van der Waals surface area contributed by atoms with Gasteiger partial charge in [0.1, 0.15) is 5.82 Å². The number of rotatable bonds is 4. The zero-order valence-corrected chi connectivity index (χ0v) is 17.1. The molecular weight excluding hydrogens is 358 g/mol. The molecular formula is C25H27N3O. The average Bonchev–Trinajstić information content (AvgIpc) is 2.75. The second kappa shape index (κ2) is 8.48. The van der Waals surface area contributed by atoms with Crippen molar-refractivity contribution < 1.29 is 4.79 Å². The highest BCUT2D eigenvalue weighted by Crippen LogP contribution is 2.27. The topological polar surface area (TPSA) is 45.2 Å². The Balaban J connectivity index is 1.55. The normalized spacial score (nSPS) is 14.8. The Hall–Kier alpha value is -3.14. The number of anilines is 2. The van der Waals surface area contributed by atoms with Gasteiger partial charge in [-0.05, 0) is 74.6 Å². The van der Waals surface area contributed by atoms with Crippen LogP contribution < -0.4 is 10.2 Å². The number of piperidine rings is 1. The van der Waals surface area contributed by atoms with Crippen molar-refractivity contribution in [3.8, 4) is 0 Å². The number of carbonyl (C=O) groups is 1. The fraction of sp³-hybridized carbons (Fsp3) is 0.280. The van der Waals surface area contributed by atoms with Crippen LogP contribution in [0.25, 0.3) is 17.0 Å². The Morgan fingerprint density at radius 3 is 2.55 bits per heavy atom. The summed E-state index contributed by atoms with van der Waals surface area (Å²) in [5, 5.41) is 4.09. The fourth-order valence-electron chi connectivity index (χ4n) is 3.83. The van der Waals surface area contributed by atoms with E-state index in [9.17, 15) is 4.79 Å². The van der Waals surface area contributed by atoms with E-state index in [1.807, 2.05) is 61.5 Å². The standard InChI is InChI=1S/C25H27N3O/c1-18-16-24(28-13-7-4-8-14-28)27-23-12-11-21(17-22(18)23)26-25(29)19(2)15-20-9-5-3-6-10-20/h3,5-6,9-12,15-17H,4,7-8,13-14H2,1-2H3,(H,26,29)/b19-15-. The highest BCUT2D eigenvalue weighted by Gasteiger charge is 2.14. The summed E-state index contributed by atoms with van der Waals surface area (Å²) in [6.45, 7) is 6.11. The SMILES string of the molecule is C/C(=C/c1ccccc1)C(=O)Nc1ccc2nc(N3CCCCC3)cc(C)c2c1. The summed E-state index contributed by atoms with van der Waals surface area (Å²) in [6, 6.07) is 18.0. The van der Waals surface area contributed by atoms with Crippen molar-refractivity contribution in [1.82, 2.24) is 4.98 Å². The first kappa shape index (κ1) is 19.2. The van der Waals surface area contributed by atoms with Crippen LogP contribution in [0.3, 0.4) is 0 Å². The van der Waals surface area contributed by atoms with Crippen LogP contribution in [0, 0.1) is 6.92 Å². The number of nitrogens with one attached hydrogen (secondary N) is 1. The van der Waals surface area contributed by atoms with Crippen molar-refractivity contribution in [2.45, 2.75) is 33.1 Å². The lowest BCUT2D eigenvalue weighted by atomic mass is 10.1. The predicted molar refractivity (Wildman–Crippen MR) is 121 cm³/mol. The lowest BCUT2D eigenvalue weighted by Gasteiger charge is -2.28. The lowest BCUT2D eigenvalue weighted by Crippen LogP contribution is -2.30. The van der Waals surface area contributed by atoms with Crippen LogP contribution >= 0.6 is 0 Å². The molecule has 148 valence electrons. The molecule has 4 heteroatoms. The number of hydrogen-bond donors (Lipinski definition) is 1. The lowest BCUT2D eigenvalue weighted by molar-refractivity contribution is -0.112. The average molecular weight is 386 g/mol. The van der Waals surface area contributed by atoms with Gasteiger partial charge in [0.25, 0.3) is 5.91 Å². The van der Waals surface area contributed by atoms with E-state index < -0.39 is 0 Å². The highest BCUT2D eigenvalue weighted by atomic mass is 16.1. The van der Waals surface area contributed by atoms with Gasteiger partial charge in [0, 0.05) is 29.7 Å². The molecule has 0 bridgehead atoms. The van der Waals surface area contributed by atoms with Crippen molar-refractivity contribution in [2.24, 2.45) is 0 Å². The summed E-state index contributed by atoms with van der Waals surface area (Å²) in [5.41, 5.74) is 4.64. The fourth-order valence-corrected chi connectivity index (χ4v) is 3.83. The smallest absolute Gasteiger partial charge is 0.251 e. The minimum Gasteiger partial charge on any atom is -0.357 e. The van der Waals surface area contributed by atoms with E-state index in [1.54, 1.807) is 0 Å². The van der Waals surface area contributed by atoms with Gasteiger partial charge in [0.05, 0.1) is 5.52 Å². The first-order chi connectivity index (χ1) is 14.1. The molecule has 1 amide bonds. The maximum absolute atomic E-state index is 12.6. The van der Waals surface area contributed by atoms with E-state index in [-0.39, 0.29) is 5.91 Å².